The van der Waals surface area contributed by atoms with E-state index in [4.69, 9.17) is 30.5 Å². The molecule has 1 aromatic carbocycles. The number of hydrogen-bond donors (Lipinski definition) is 2. The summed E-state index contributed by atoms with van der Waals surface area (Å²) in [5.41, 5.74) is 0.956. The average molecular weight is 570 g/mol. The SMILES string of the molecule is CCNC(=NCc1cc(Cl)c(OCC)c(OC)c1)NCCCOCC1CCOCC1.I. The van der Waals surface area contributed by atoms with Crippen LogP contribution in [0.5, 0.6) is 11.5 Å². The van der Waals surface area contributed by atoms with Gasteiger partial charge in [0.1, 0.15) is 0 Å². The monoisotopic (exact) mass is 569 g/mol. The Kier molecular flexibility index (Phi) is 15.1. The maximum absolute atomic E-state index is 6.35. The van der Waals surface area contributed by atoms with Crippen molar-refractivity contribution >= 4 is 41.5 Å². The molecule has 31 heavy (non-hydrogen) atoms. The first-order valence-corrected chi connectivity index (χ1v) is 11.2. The van der Waals surface area contributed by atoms with Crippen LogP contribution < -0.4 is 20.1 Å². The van der Waals surface area contributed by atoms with Gasteiger partial charge in [-0.25, -0.2) is 4.99 Å². The van der Waals surface area contributed by atoms with Crippen molar-refractivity contribution in [2.24, 2.45) is 10.9 Å². The van der Waals surface area contributed by atoms with Gasteiger partial charge in [-0.1, -0.05) is 11.6 Å². The zero-order valence-corrected chi connectivity index (χ0v) is 22.0. The molecule has 0 spiro atoms. The standard InChI is InChI=1S/C22H36ClN3O4.HI/c1-4-24-22(25-9-6-10-29-16-17-7-11-28-12-8-17)26-15-18-13-19(23)21(30-5-2)20(14-18)27-3;/h13-14,17H,4-12,15-16H2,1-3H3,(H2,24,25,26);1H. The van der Waals surface area contributed by atoms with Gasteiger partial charge in [-0.15, -0.1) is 24.0 Å². The number of hydrogen-bond acceptors (Lipinski definition) is 5. The molecule has 9 heteroatoms. The fraction of sp³-hybridized carbons (Fsp3) is 0.682. The lowest BCUT2D eigenvalue weighted by atomic mass is 10.0. The van der Waals surface area contributed by atoms with E-state index in [-0.39, 0.29) is 24.0 Å². The molecule has 7 nitrogen and oxygen atoms in total. The van der Waals surface area contributed by atoms with Gasteiger partial charge in [-0.3, -0.25) is 0 Å². The van der Waals surface area contributed by atoms with Gasteiger partial charge in [0.15, 0.2) is 17.5 Å². The molecule has 0 bridgehead atoms. The molecule has 0 atom stereocenters. The molecule has 0 aromatic heterocycles. The van der Waals surface area contributed by atoms with Crippen LogP contribution in [0.4, 0.5) is 0 Å². The van der Waals surface area contributed by atoms with Crippen molar-refractivity contribution in [3.8, 4) is 11.5 Å². The predicted octanol–water partition coefficient (Wildman–Crippen LogP) is 4.25. The van der Waals surface area contributed by atoms with Crippen molar-refractivity contribution in [1.29, 1.82) is 0 Å². The molecule has 1 saturated heterocycles. The smallest absolute Gasteiger partial charge is 0.191 e. The number of ether oxygens (including phenoxy) is 4. The predicted molar refractivity (Wildman–Crippen MR) is 136 cm³/mol. The molecule has 0 amide bonds. The van der Waals surface area contributed by atoms with Crippen LogP contribution in [-0.2, 0) is 16.0 Å². The highest BCUT2D eigenvalue weighted by Gasteiger charge is 2.13. The summed E-state index contributed by atoms with van der Waals surface area (Å²) in [5.74, 6) is 2.60. The van der Waals surface area contributed by atoms with Crippen molar-refractivity contribution in [2.75, 3.05) is 53.2 Å². The Balaban J connectivity index is 0.00000480. The molecule has 178 valence electrons. The molecule has 0 radical (unpaired) electrons. The first kappa shape index (κ1) is 28.1. The first-order chi connectivity index (χ1) is 14.7. The van der Waals surface area contributed by atoms with Crippen molar-refractivity contribution in [3.05, 3.63) is 22.7 Å². The summed E-state index contributed by atoms with van der Waals surface area (Å²) >= 11 is 6.35. The zero-order chi connectivity index (χ0) is 21.6. The second kappa shape index (κ2) is 16.6. The molecule has 1 aliphatic rings. The summed E-state index contributed by atoms with van der Waals surface area (Å²) in [6.07, 6.45) is 3.14. The van der Waals surface area contributed by atoms with Gasteiger partial charge >= 0.3 is 0 Å². The summed E-state index contributed by atoms with van der Waals surface area (Å²) in [4.78, 5) is 4.65. The minimum atomic E-state index is 0. The fourth-order valence-corrected chi connectivity index (χ4v) is 3.49. The Labute approximate surface area is 208 Å². The van der Waals surface area contributed by atoms with E-state index in [0.29, 0.717) is 35.6 Å². The van der Waals surface area contributed by atoms with E-state index in [2.05, 4.69) is 15.6 Å². The summed E-state index contributed by atoms with van der Waals surface area (Å²) in [7, 11) is 1.61. The number of benzene rings is 1. The second-order valence-corrected chi connectivity index (χ2v) is 7.56. The van der Waals surface area contributed by atoms with Crippen LogP contribution in [0, 0.1) is 5.92 Å². The van der Waals surface area contributed by atoms with E-state index < -0.39 is 0 Å². The van der Waals surface area contributed by atoms with Crippen LogP contribution in [0.25, 0.3) is 0 Å². The quantitative estimate of drug-likeness (QED) is 0.170. The number of halogens is 2. The van der Waals surface area contributed by atoms with Crippen molar-refractivity contribution in [1.82, 2.24) is 10.6 Å². The van der Waals surface area contributed by atoms with Gasteiger partial charge in [-0.05, 0) is 56.7 Å². The van der Waals surface area contributed by atoms with Crippen LogP contribution in [0.3, 0.4) is 0 Å². The number of nitrogens with one attached hydrogen (secondary N) is 2. The number of guanidine groups is 1. The molecule has 0 aliphatic carbocycles. The van der Waals surface area contributed by atoms with Crippen LogP contribution in [0.15, 0.2) is 17.1 Å². The topological polar surface area (TPSA) is 73.3 Å². The Bertz CT molecular complexity index is 658. The molecular formula is C22H37ClIN3O4. The Morgan fingerprint density at radius 2 is 2.00 bits per heavy atom. The van der Waals surface area contributed by atoms with Crippen molar-refractivity contribution in [3.63, 3.8) is 0 Å². The summed E-state index contributed by atoms with van der Waals surface area (Å²) < 4.78 is 22.2. The van der Waals surface area contributed by atoms with Crippen LogP contribution >= 0.6 is 35.6 Å². The Morgan fingerprint density at radius 3 is 2.68 bits per heavy atom. The average Bonchev–Trinajstić information content (AvgIpc) is 2.76. The fourth-order valence-electron chi connectivity index (χ4n) is 3.21. The molecule has 0 saturated carbocycles. The molecule has 2 N–H and O–H groups in total. The van der Waals surface area contributed by atoms with Gasteiger partial charge in [0, 0.05) is 39.5 Å². The Hall–Kier alpha value is -0.970. The molecule has 2 rings (SSSR count). The van der Waals surface area contributed by atoms with Gasteiger partial charge in [0.25, 0.3) is 0 Å². The molecule has 1 heterocycles. The maximum atomic E-state index is 6.35. The van der Waals surface area contributed by atoms with E-state index in [1.807, 2.05) is 26.0 Å². The summed E-state index contributed by atoms with van der Waals surface area (Å²) in [6.45, 7) is 9.87. The number of rotatable bonds is 12. The zero-order valence-electron chi connectivity index (χ0n) is 18.9. The number of nitrogens with zero attached hydrogens (tertiary/aromatic N) is 1. The highest BCUT2D eigenvalue weighted by Crippen LogP contribution is 2.36. The van der Waals surface area contributed by atoms with Gasteiger partial charge in [0.05, 0.1) is 25.3 Å². The van der Waals surface area contributed by atoms with Crippen LogP contribution in [-0.4, -0.2) is 59.2 Å². The molecule has 1 aromatic rings. The normalized spacial score (nSPS) is 14.6. The molecule has 1 fully saturated rings. The third-order valence-electron chi connectivity index (χ3n) is 4.79. The minimum Gasteiger partial charge on any atom is -0.493 e. The van der Waals surface area contributed by atoms with Crippen molar-refractivity contribution in [2.45, 2.75) is 39.7 Å². The van der Waals surface area contributed by atoms with Crippen LogP contribution in [0.1, 0.15) is 38.7 Å². The molecule has 1 aliphatic heterocycles. The van der Waals surface area contributed by atoms with E-state index in [1.165, 1.54) is 0 Å². The highest BCUT2D eigenvalue weighted by molar-refractivity contribution is 14.0. The third-order valence-corrected chi connectivity index (χ3v) is 5.07. The maximum Gasteiger partial charge on any atom is 0.191 e. The lowest BCUT2D eigenvalue weighted by Gasteiger charge is -2.21. The van der Waals surface area contributed by atoms with E-state index in [0.717, 1.165) is 70.3 Å². The van der Waals surface area contributed by atoms with Gasteiger partial charge < -0.3 is 29.6 Å². The van der Waals surface area contributed by atoms with Gasteiger partial charge in [0.2, 0.25) is 0 Å². The number of aliphatic imine (C=N–C) groups is 1. The molecule has 0 unspecified atom stereocenters. The summed E-state index contributed by atoms with van der Waals surface area (Å²) in [5, 5.41) is 7.15. The van der Waals surface area contributed by atoms with Crippen molar-refractivity contribution < 1.29 is 18.9 Å². The van der Waals surface area contributed by atoms with E-state index >= 15 is 0 Å². The first-order valence-electron chi connectivity index (χ1n) is 10.8. The third kappa shape index (κ3) is 10.5. The lowest BCUT2D eigenvalue weighted by Crippen LogP contribution is -2.38. The van der Waals surface area contributed by atoms with E-state index in [1.54, 1.807) is 7.11 Å². The highest BCUT2D eigenvalue weighted by atomic mass is 127. The second-order valence-electron chi connectivity index (χ2n) is 7.15. The van der Waals surface area contributed by atoms with Crippen LogP contribution in [0.2, 0.25) is 5.02 Å². The molecular weight excluding hydrogens is 533 g/mol. The summed E-state index contributed by atoms with van der Waals surface area (Å²) in [6, 6.07) is 3.78. The lowest BCUT2D eigenvalue weighted by molar-refractivity contribution is 0.0203. The minimum absolute atomic E-state index is 0. The van der Waals surface area contributed by atoms with E-state index in [9.17, 15) is 0 Å². The number of methoxy groups -OCH3 is 1. The largest absolute Gasteiger partial charge is 0.493 e. The van der Waals surface area contributed by atoms with Gasteiger partial charge in [-0.2, -0.15) is 0 Å². The Morgan fingerprint density at radius 1 is 1.23 bits per heavy atom.